The zero-order chi connectivity index (χ0) is 29.1. The first-order chi connectivity index (χ1) is 18.9. The van der Waals surface area contributed by atoms with Crippen LogP contribution in [0.25, 0.3) is 5.76 Å². The Bertz CT molecular complexity index is 1530. The number of hydrogen-bond donors (Lipinski definition) is 6. The van der Waals surface area contributed by atoms with E-state index in [0.29, 0.717) is 11.1 Å². The van der Waals surface area contributed by atoms with Crippen molar-refractivity contribution in [1.29, 1.82) is 0 Å². The van der Waals surface area contributed by atoms with E-state index in [1.165, 1.54) is 31.3 Å². The van der Waals surface area contributed by atoms with Crippen molar-refractivity contribution in [1.82, 2.24) is 15.2 Å². The van der Waals surface area contributed by atoms with Crippen molar-refractivity contribution in [2.75, 3.05) is 14.1 Å². The van der Waals surface area contributed by atoms with Crippen LogP contribution in [0, 0.1) is 11.8 Å². The standard InChI is InChI=1S/C28H28N4O8/c1-32(2)21-15-10-13-9-14-12(11-31-27(39)16-5-3-4-8-30-16)6-7-17(33)19(14)22(34)18(13)24(36)28(15,40)25(37)20(23(21)35)26(29)38/h3-8,13,15,21,33-34,37,40H,9-11H2,1-2H3,(H2,29,38)(H,31,39)/t13-,15-,21-,28-/m1/s1. The molecule has 0 aliphatic heterocycles. The molecule has 0 unspecified atom stereocenters. The number of carbonyl (C=O) groups excluding carboxylic acids is 4. The quantitative estimate of drug-likeness (QED) is 0.282. The van der Waals surface area contributed by atoms with Crippen LogP contribution in [0.4, 0.5) is 0 Å². The van der Waals surface area contributed by atoms with Crippen LogP contribution in [-0.4, -0.2) is 79.4 Å². The van der Waals surface area contributed by atoms with Crippen LogP contribution in [0.15, 0.2) is 53.4 Å². The molecule has 7 N–H and O–H groups in total. The monoisotopic (exact) mass is 548 g/mol. The molecule has 4 atom stereocenters. The molecule has 1 fully saturated rings. The molecule has 2 amide bonds. The number of nitrogens with one attached hydrogen (secondary N) is 1. The number of aliphatic hydroxyl groups is 3. The van der Waals surface area contributed by atoms with E-state index in [4.69, 9.17) is 5.73 Å². The van der Waals surface area contributed by atoms with Crippen LogP contribution >= 0.6 is 0 Å². The predicted molar refractivity (Wildman–Crippen MR) is 140 cm³/mol. The van der Waals surface area contributed by atoms with Crippen molar-refractivity contribution in [3.8, 4) is 5.75 Å². The van der Waals surface area contributed by atoms with Crippen molar-refractivity contribution in [2.45, 2.75) is 31.0 Å². The first kappa shape index (κ1) is 27.0. The molecule has 208 valence electrons. The Morgan fingerprint density at radius 2 is 1.88 bits per heavy atom. The van der Waals surface area contributed by atoms with Gasteiger partial charge in [0.1, 0.15) is 28.5 Å². The summed E-state index contributed by atoms with van der Waals surface area (Å²) in [6.07, 6.45) is 1.58. The van der Waals surface area contributed by atoms with Gasteiger partial charge in [0.2, 0.25) is 5.78 Å². The highest BCUT2D eigenvalue weighted by Gasteiger charge is 2.64. The Labute approximate surface area is 228 Å². The third kappa shape index (κ3) is 3.87. The number of pyridine rings is 1. The van der Waals surface area contributed by atoms with Gasteiger partial charge in [-0.2, -0.15) is 0 Å². The third-order valence-electron chi connectivity index (χ3n) is 8.04. The lowest BCUT2D eigenvalue weighted by Gasteiger charge is -2.50. The molecular formula is C28H28N4O8. The summed E-state index contributed by atoms with van der Waals surface area (Å²) >= 11 is 0. The summed E-state index contributed by atoms with van der Waals surface area (Å²) in [5, 5.41) is 47.3. The minimum Gasteiger partial charge on any atom is -0.508 e. The number of benzene rings is 1. The molecule has 2 aromatic rings. The number of rotatable bonds is 5. The molecule has 12 heteroatoms. The predicted octanol–water partition coefficient (Wildman–Crippen LogP) is 0.289. The van der Waals surface area contributed by atoms with Crippen molar-refractivity contribution in [3.63, 3.8) is 0 Å². The summed E-state index contributed by atoms with van der Waals surface area (Å²) in [5.74, 6) is -7.57. The largest absolute Gasteiger partial charge is 0.508 e. The fraction of sp³-hybridized carbons (Fsp3) is 0.321. The number of phenolic OH excluding ortho intramolecular Hbond substituents is 1. The maximum atomic E-state index is 13.9. The zero-order valence-electron chi connectivity index (χ0n) is 21.7. The van der Waals surface area contributed by atoms with Crippen LogP contribution in [0.2, 0.25) is 0 Å². The number of nitrogens with zero attached hydrogens (tertiary/aromatic N) is 2. The molecule has 40 heavy (non-hydrogen) atoms. The first-order valence-electron chi connectivity index (χ1n) is 12.6. The number of aromatic hydroxyl groups is 1. The summed E-state index contributed by atoms with van der Waals surface area (Å²) < 4.78 is 0. The molecule has 1 aromatic carbocycles. The highest BCUT2D eigenvalue weighted by Crippen LogP contribution is 2.52. The van der Waals surface area contributed by atoms with Crippen LogP contribution in [-0.2, 0) is 27.3 Å². The topological polar surface area (TPSA) is 203 Å². The summed E-state index contributed by atoms with van der Waals surface area (Å²) in [7, 11) is 3.07. The van der Waals surface area contributed by atoms with Gasteiger partial charge in [0, 0.05) is 24.2 Å². The second-order valence-corrected chi connectivity index (χ2v) is 10.5. The minimum atomic E-state index is -2.70. The molecule has 0 bridgehead atoms. The number of primary amides is 1. The number of carbonyl (C=O) groups is 4. The molecule has 3 aliphatic carbocycles. The van der Waals surface area contributed by atoms with Gasteiger partial charge >= 0.3 is 0 Å². The van der Waals surface area contributed by atoms with Gasteiger partial charge < -0.3 is 31.5 Å². The molecule has 1 heterocycles. The highest BCUT2D eigenvalue weighted by atomic mass is 16.3. The van der Waals surface area contributed by atoms with E-state index in [9.17, 15) is 39.6 Å². The molecular weight excluding hydrogens is 520 g/mol. The van der Waals surface area contributed by atoms with Gasteiger partial charge in [-0.1, -0.05) is 12.1 Å². The number of likely N-dealkylation sites (N-methyl/N-ethyl adjacent to an activating group) is 1. The molecule has 12 nitrogen and oxygen atoms in total. The van der Waals surface area contributed by atoms with Crippen LogP contribution in [0.3, 0.4) is 0 Å². The second kappa shape index (κ2) is 9.57. The van der Waals surface area contributed by atoms with Gasteiger partial charge in [0.15, 0.2) is 11.4 Å². The maximum Gasteiger partial charge on any atom is 0.270 e. The fourth-order valence-electron chi connectivity index (χ4n) is 6.24. The lowest BCUT2D eigenvalue weighted by molar-refractivity contribution is -0.153. The molecule has 1 saturated carbocycles. The molecule has 0 saturated heterocycles. The van der Waals surface area contributed by atoms with Gasteiger partial charge in [-0.15, -0.1) is 0 Å². The Hall–Kier alpha value is -4.55. The Morgan fingerprint density at radius 1 is 1.15 bits per heavy atom. The first-order valence-corrected chi connectivity index (χ1v) is 12.6. The van der Waals surface area contributed by atoms with E-state index < -0.39 is 64.0 Å². The second-order valence-electron chi connectivity index (χ2n) is 10.5. The smallest absolute Gasteiger partial charge is 0.270 e. The molecule has 5 rings (SSSR count). The zero-order valence-corrected chi connectivity index (χ0v) is 21.7. The van der Waals surface area contributed by atoms with Gasteiger partial charge in [-0.3, -0.25) is 29.1 Å². The fourth-order valence-corrected chi connectivity index (χ4v) is 6.24. The van der Waals surface area contributed by atoms with Gasteiger partial charge in [-0.25, -0.2) is 0 Å². The lowest BCUT2D eigenvalue weighted by atomic mass is 9.57. The molecule has 0 spiro atoms. The van der Waals surface area contributed by atoms with Crippen molar-refractivity contribution >= 4 is 29.1 Å². The van der Waals surface area contributed by atoms with E-state index in [0.717, 1.165) is 0 Å². The summed E-state index contributed by atoms with van der Waals surface area (Å²) in [6.45, 7) is 0.0268. The van der Waals surface area contributed by atoms with Crippen molar-refractivity contribution < 1.29 is 39.6 Å². The van der Waals surface area contributed by atoms with E-state index in [1.807, 2.05) is 0 Å². The van der Waals surface area contributed by atoms with Gasteiger partial charge in [0.05, 0.1) is 11.6 Å². The average Bonchev–Trinajstić information content (AvgIpc) is 2.90. The lowest BCUT2D eigenvalue weighted by Crippen LogP contribution is -2.65. The number of ketones is 2. The summed E-state index contributed by atoms with van der Waals surface area (Å²) in [4.78, 5) is 57.2. The number of hydrogen-bond acceptors (Lipinski definition) is 10. The minimum absolute atomic E-state index is 0.0266. The third-order valence-corrected chi connectivity index (χ3v) is 8.04. The van der Waals surface area contributed by atoms with E-state index in [2.05, 4.69) is 10.3 Å². The van der Waals surface area contributed by atoms with Crippen molar-refractivity contribution in [3.05, 3.63) is 75.8 Å². The van der Waals surface area contributed by atoms with E-state index in [1.54, 1.807) is 24.3 Å². The Balaban J connectivity index is 1.59. The number of aliphatic hydroxyl groups excluding tert-OH is 2. The Kier molecular flexibility index (Phi) is 6.47. The molecule has 0 radical (unpaired) electrons. The number of fused-ring (bicyclic) bond motifs is 3. The summed E-state index contributed by atoms with van der Waals surface area (Å²) in [6, 6.07) is 6.64. The number of amides is 2. The number of Topliss-reactive ketones (excluding diaryl/α,β-unsaturated/α-hetero) is 2. The maximum absolute atomic E-state index is 13.9. The number of phenols is 1. The normalized spacial score (nSPS) is 25.9. The van der Waals surface area contributed by atoms with Crippen LogP contribution in [0.1, 0.15) is 33.6 Å². The highest BCUT2D eigenvalue weighted by molar-refractivity contribution is 6.24. The van der Waals surface area contributed by atoms with E-state index in [-0.39, 0.29) is 42.0 Å². The SMILES string of the molecule is CN(C)[C@H]1C(=O)C(C(N)=O)=C(O)[C@]2(O)C(=O)C3=C(O)c4c(O)ccc(CNC(=O)c5ccccn5)c4C[C@@H]3C[C@H]12. The van der Waals surface area contributed by atoms with Crippen molar-refractivity contribution in [2.24, 2.45) is 17.6 Å². The summed E-state index contributed by atoms with van der Waals surface area (Å²) in [5.41, 5.74) is 2.74. The van der Waals surface area contributed by atoms with Gasteiger partial charge in [-0.05, 0) is 62.2 Å². The van der Waals surface area contributed by atoms with Crippen LogP contribution in [0.5, 0.6) is 5.75 Å². The van der Waals surface area contributed by atoms with E-state index >= 15 is 0 Å². The van der Waals surface area contributed by atoms with Crippen LogP contribution < -0.4 is 11.1 Å². The molecule has 1 aromatic heterocycles. The number of aromatic nitrogens is 1. The molecule has 3 aliphatic rings. The number of nitrogens with two attached hydrogens (primary N) is 1. The average molecular weight is 549 g/mol. The van der Waals surface area contributed by atoms with Gasteiger partial charge in [0.25, 0.3) is 11.8 Å². The Morgan fingerprint density at radius 3 is 2.50 bits per heavy atom.